The van der Waals surface area contributed by atoms with Gasteiger partial charge in [0, 0.05) is 12.6 Å². The van der Waals surface area contributed by atoms with E-state index in [0.29, 0.717) is 17.9 Å². The number of nitrogen functional groups attached to an aromatic ring is 1. The zero-order chi connectivity index (χ0) is 14.3. The average molecular weight is 278 g/mol. The first-order valence-electron chi connectivity index (χ1n) is 6.70. The van der Waals surface area contributed by atoms with Crippen molar-refractivity contribution in [1.29, 1.82) is 0 Å². The van der Waals surface area contributed by atoms with Crippen molar-refractivity contribution in [1.82, 2.24) is 14.5 Å². The lowest BCUT2D eigenvalue weighted by Gasteiger charge is -2.17. The first-order chi connectivity index (χ1) is 9.65. The fourth-order valence-electron chi connectivity index (χ4n) is 2.75. The van der Waals surface area contributed by atoms with E-state index in [0.717, 1.165) is 17.4 Å². The molecule has 3 atom stereocenters. The van der Waals surface area contributed by atoms with E-state index in [4.69, 9.17) is 15.6 Å². The van der Waals surface area contributed by atoms with Gasteiger partial charge in [-0.05, 0) is 12.0 Å². The van der Waals surface area contributed by atoms with Gasteiger partial charge < -0.3 is 25.3 Å². The van der Waals surface area contributed by atoms with Gasteiger partial charge in [-0.2, -0.15) is 0 Å². The molecule has 0 spiro atoms. The average Bonchev–Trinajstić information content (AvgIpc) is 3.00. The minimum Gasteiger partial charge on any atom is -0.394 e. The Bertz CT molecular complexity index is 627. The van der Waals surface area contributed by atoms with E-state index >= 15 is 0 Å². The topological polar surface area (TPSA) is 106 Å². The number of aryl methyl sites for hydroxylation is 1. The number of ether oxygens (including phenoxy) is 1. The van der Waals surface area contributed by atoms with Gasteiger partial charge in [0.2, 0.25) is 0 Å². The van der Waals surface area contributed by atoms with Crippen molar-refractivity contribution in [2.45, 2.75) is 38.2 Å². The molecule has 0 aliphatic carbocycles. The summed E-state index contributed by atoms with van der Waals surface area (Å²) in [6, 6.07) is 0. The second-order valence-electron chi connectivity index (χ2n) is 5.01. The number of aromatic nitrogens is 3. The number of nitrogens with zero attached hydrogens (tertiary/aromatic N) is 3. The highest BCUT2D eigenvalue weighted by Crippen LogP contribution is 2.34. The fourth-order valence-corrected chi connectivity index (χ4v) is 2.75. The van der Waals surface area contributed by atoms with Crippen molar-refractivity contribution in [3.05, 3.63) is 18.1 Å². The number of rotatable bonds is 3. The van der Waals surface area contributed by atoms with Crippen molar-refractivity contribution >= 4 is 16.9 Å². The van der Waals surface area contributed by atoms with Crippen LogP contribution >= 0.6 is 0 Å². The predicted molar refractivity (Wildman–Crippen MR) is 72.9 cm³/mol. The molecule has 7 heteroatoms. The van der Waals surface area contributed by atoms with Crippen LogP contribution in [0.1, 0.15) is 25.1 Å². The molecule has 0 saturated carbocycles. The van der Waals surface area contributed by atoms with Crippen LogP contribution in [-0.2, 0) is 11.2 Å². The Balaban J connectivity index is 2.11. The number of nitrogens with two attached hydrogens (primary N) is 1. The lowest BCUT2D eigenvalue weighted by Crippen LogP contribution is -2.19. The third kappa shape index (κ3) is 1.94. The number of aliphatic hydroxyl groups is 2. The van der Waals surface area contributed by atoms with Gasteiger partial charge in [0.15, 0.2) is 6.23 Å². The Kier molecular flexibility index (Phi) is 3.33. The van der Waals surface area contributed by atoms with E-state index in [9.17, 15) is 5.11 Å². The second kappa shape index (κ2) is 5.01. The van der Waals surface area contributed by atoms with Crippen molar-refractivity contribution in [2.24, 2.45) is 0 Å². The van der Waals surface area contributed by atoms with Gasteiger partial charge in [0.05, 0.1) is 18.1 Å². The molecule has 20 heavy (non-hydrogen) atoms. The lowest BCUT2D eigenvalue weighted by molar-refractivity contribution is -0.0484. The summed E-state index contributed by atoms with van der Waals surface area (Å²) in [7, 11) is 0. The Hall–Kier alpha value is -1.70. The lowest BCUT2D eigenvalue weighted by atomic mass is 10.2. The summed E-state index contributed by atoms with van der Waals surface area (Å²) >= 11 is 0. The van der Waals surface area contributed by atoms with Gasteiger partial charge in [-0.1, -0.05) is 6.92 Å². The number of anilines is 1. The first-order valence-corrected chi connectivity index (χ1v) is 6.70. The Morgan fingerprint density at radius 3 is 2.95 bits per heavy atom. The predicted octanol–water partition coefficient (Wildman–Crippen LogP) is 0.217. The number of aliphatic hydroxyl groups excluding tert-OH is 2. The summed E-state index contributed by atoms with van der Waals surface area (Å²) in [6.45, 7) is 1.92. The molecule has 3 unspecified atom stereocenters. The van der Waals surface area contributed by atoms with Crippen molar-refractivity contribution < 1.29 is 14.9 Å². The molecule has 3 heterocycles. The van der Waals surface area contributed by atoms with Gasteiger partial charge in [-0.15, -0.1) is 0 Å². The minimum atomic E-state index is -0.677. The zero-order valence-electron chi connectivity index (χ0n) is 11.2. The summed E-state index contributed by atoms with van der Waals surface area (Å²) in [4.78, 5) is 8.27. The maximum Gasteiger partial charge on any atom is 0.161 e. The van der Waals surface area contributed by atoms with E-state index in [1.807, 2.05) is 13.1 Å². The zero-order valence-corrected chi connectivity index (χ0v) is 11.2. The van der Waals surface area contributed by atoms with Crippen LogP contribution in [0.2, 0.25) is 0 Å². The van der Waals surface area contributed by atoms with Crippen molar-refractivity contribution in [3.8, 4) is 0 Å². The fraction of sp³-hybridized carbons (Fsp3) is 0.538. The second-order valence-corrected chi connectivity index (χ2v) is 5.01. The Morgan fingerprint density at radius 1 is 1.50 bits per heavy atom. The van der Waals surface area contributed by atoms with Crippen LogP contribution in [0.15, 0.2) is 12.5 Å². The molecule has 7 nitrogen and oxygen atoms in total. The summed E-state index contributed by atoms with van der Waals surface area (Å²) in [5, 5.41) is 20.1. The Morgan fingerprint density at radius 2 is 2.30 bits per heavy atom. The SMILES string of the molecule is CCc1cn(C2OC(CO)CC2O)c2ncnc(N)c12. The summed E-state index contributed by atoms with van der Waals surface area (Å²) in [5.74, 6) is 0.428. The molecule has 3 rings (SSSR count). The minimum absolute atomic E-state index is 0.107. The van der Waals surface area contributed by atoms with Gasteiger partial charge in [0.25, 0.3) is 0 Å². The number of fused-ring (bicyclic) bond motifs is 1. The van der Waals surface area contributed by atoms with Crippen LogP contribution in [0.25, 0.3) is 11.0 Å². The third-order valence-electron chi connectivity index (χ3n) is 3.74. The quantitative estimate of drug-likeness (QED) is 0.741. The van der Waals surface area contributed by atoms with Gasteiger partial charge in [-0.3, -0.25) is 0 Å². The molecule has 1 aliphatic heterocycles. The molecule has 0 bridgehead atoms. The monoisotopic (exact) mass is 278 g/mol. The van der Waals surface area contributed by atoms with Crippen molar-refractivity contribution in [2.75, 3.05) is 12.3 Å². The molecular formula is C13H18N4O3. The van der Waals surface area contributed by atoms with E-state index in [1.165, 1.54) is 6.33 Å². The van der Waals surface area contributed by atoms with Crippen LogP contribution in [0.4, 0.5) is 5.82 Å². The largest absolute Gasteiger partial charge is 0.394 e. The van der Waals surface area contributed by atoms with Crippen LogP contribution in [0.3, 0.4) is 0 Å². The van der Waals surface area contributed by atoms with Crippen LogP contribution in [-0.4, -0.2) is 43.6 Å². The molecule has 1 fully saturated rings. The standard InChI is InChI=1S/C13H18N4O3/c1-2-7-4-17(12-10(7)11(14)15-6-16-12)13-9(19)3-8(5-18)20-13/h4,6,8-9,13,18-19H,2-3,5H2,1H3,(H2,14,15,16). The molecule has 4 N–H and O–H groups in total. The number of hydrogen-bond donors (Lipinski definition) is 3. The summed E-state index contributed by atoms with van der Waals surface area (Å²) < 4.78 is 7.46. The molecule has 108 valence electrons. The van der Waals surface area contributed by atoms with E-state index in [1.54, 1.807) is 4.57 Å². The molecule has 0 amide bonds. The molecule has 2 aromatic rings. The third-order valence-corrected chi connectivity index (χ3v) is 3.74. The Labute approximate surface area is 116 Å². The van der Waals surface area contributed by atoms with E-state index in [2.05, 4.69) is 9.97 Å². The first kappa shape index (κ1) is 13.3. The maximum absolute atomic E-state index is 10.1. The highest BCUT2D eigenvalue weighted by atomic mass is 16.5. The molecule has 2 aromatic heterocycles. The van der Waals surface area contributed by atoms with Crippen LogP contribution in [0.5, 0.6) is 0 Å². The van der Waals surface area contributed by atoms with Gasteiger partial charge in [-0.25, -0.2) is 9.97 Å². The van der Waals surface area contributed by atoms with Crippen LogP contribution in [0, 0.1) is 0 Å². The summed E-state index contributed by atoms with van der Waals surface area (Å²) in [6.07, 6.45) is 2.91. The molecule has 0 aromatic carbocycles. The van der Waals surface area contributed by atoms with E-state index in [-0.39, 0.29) is 12.7 Å². The number of hydrogen-bond acceptors (Lipinski definition) is 6. The highest BCUT2D eigenvalue weighted by Gasteiger charge is 2.36. The molecule has 1 saturated heterocycles. The highest BCUT2D eigenvalue weighted by molar-refractivity contribution is 5.89. The van der Waals surface area contributed by atoms with Crippen molar-refractivity contribution in [3.63, 3.8) is 0 Å². The molecule has 0 radical (unpaired) electrons. The van der Waals surface area contributed by atoms with Gasteiger partial charge in [0.1, 0.15) is 23.9 Å². The molecular weight excluding hydrogens is 260 g/mol. The van der Waals surface area contributed by atoms with E-state index < -0.39 is 12.3 Å². The summed E-state index contributed by atoms with van der Waals surface area (Å²) in [5.41, 5.74) is 7.59. The van der Waals surface area contributed by atoms with Crippen LogP contribution < -0.4 is 5.73 Å². The normalized spacial score (nSPS) is 26.4. The maximum atomic E-state index is 10.1. The molecule has 1 aliphatic rings. The smallest absolute Gasteiger partial charge is 0.161 e. The van der Waals surface area contributed by atoms with Gasteiger partial charge >= 0.3 is 0 Å².